The van der Waals surface area contributed by atoms with E-state index in [-0.39, 0.29) is 11.8 Å². The Morgan fingerprint density at radius 2 is 2.04 bits per heavy atom. The molecular formula is C18H13N3O3. The molecule has 1 atom stereocenters. The number of anilines is 1. The van der Waals surface area contributed by atoms with Gasteiger partial charge in [-0.05, 0) is 23.8 Å². The number of amides is 1. The van der Waals surface area contributed by atoms with Crippen molar-refractivity contribution in [1.29, 1.82) is 0 Å². The van der Waals surface area contributed by atoms with Crippen LogP contribution in [0.1, 0.15) is 20.8 Å². The summed E-state index contributed by atoms with van der Waals surface area (Å²) >= 11 is 0. The normalized spacial score (nSPS) is 18.5. The van der Waals surface area contributed by atoms with Crippen LogP contribution >= 0.6 is 0 Å². The molecule has 1 amide bonds. The third-order valence-corrected chi connectivity index (χ3v) is 4.79. The Morgan fingerprint density at radius 1 is 1.21 bits per heavy atom. The van der Waals surface area contributed by atoms with Gasteiger partial charge in [0.2, 0.25) is 5.88 Å². The highest BCUT2D eigenvalue weighted by atomic mass is 16.5. The maximum atomic E-state index is 13.1. The number of rotatable bonds is 1. The predicted octanol–water partition coefficient (Wildman–Crippen LogP) is 2.27. The Hall–Kier alpha value is -3.15. The van der Waals surface area contributed by atoms with Crippen LogP contribution < -0.4 is 9.64 Å². The van der Waals surface area contributed by atoms with E-state index in [2.05, 4.69) is 4.98 Å². The topological polar surface area (TPSA) is 64.4 Å². The molecule has 2 aliphatic heterocycles. The van der Waals surface area contributed by atoms with Crippen molar-refractivity contribution in [3.05, 3.63) is 53.9 Å². The van der Waals surface area contributed by atoms with Crippen LogP contribution in [0.2, 0.25) is 0 Å². The molecule has 0 aliphatic carbocycles. The van der Waals surface area contributed by atoms with E-state index in [1.54, 1.807) is 16.8 Å². The lowest BCUT2D eigenvalue weighted by Crippen LogP contribution is -2.50. The summed E-state index contributed by atoms with van der Waals surface area (Å²) in [5.41, 5.74) is 2.67. The second-order valence-electron chi connectivity index (χ2n) is 5.99. The molecule has 2 aromatic heterocycles. The number of hydrogen-bond donors (Lipinski definition) is 0. The summed E-state index contributed by atoms with van der Waals surface area (Å²) in [6, 6.07) is 10.6. The first kappa shape index (κ1) is 13.3. The summed E-state index contributed by atoms with van der Waals surface area (Å²) in [7, 11) is 1.52. The maximum absolute atomic E-state index is 13.1. The zero-order chi connectivity index (χ0) is 16.4. The molecule has 1 aromatic carbocycles. The number of para-hydroxylation sites is 1. The molecule has 6 nitrogen and oxygen atoms in total. The lowest BCUT2D eigenvalue weighted by molar-refractivity contribution is 0.0801. The minimum Gasteiger partial charge on any atom is -0.480 e. The average molecular weight is 319 g/mol. The highest BCUT2D eigenvalue weighted by Gasteiger charge is 2.47. The predicted molar refractivity (Wildman–Crippen MR) is 87.7 cm³/mol. The number of hydrogen-bond acceptors (Lipinski definition) is 4. The SMILES string of the molecule is COc1nccc2c1N1C(=O)c3cc4ccccc4n3C(=O)C1C2. The van der Waals surface area contributed by atoms with Gasteiger partial charge in [0.05, 0.1) is 12.6 Å². The Labute approximate surface area is 137 Å². The fraction of sp³-hybridized carbons (Fsp3) is 0.167. The van der Waals surface area contributed by atoms with Gasteiger partial charge in [0, 0.05) is 18.0 Å². The van der Waals surface area contributed by atoms with Gasteiger partial charge in [-0.1, -0.05) is 18.2 Å². The summed E-state index contributed by atoms with van der Waals surface area (Å²) in [5, 5.41) is 0.883. The van der Waals surface area contributed by atoms with Gasteiger partial charge in [-0.25, -0.2) is 4.98 Å². The Bertz CT molecular complexity index is 1040. The van der Waals surface area contributed by atoms with Crippen LogP contribution in [0, 0.1) is 0 Å². The summed E-state index contributed by atoms with van der Waals surface area (Å²) in [5.74, 6) is 0.0885. The highest BCUT2D eigenvalue weighted by molar-refractivity contribution is 6.20. The van der Waals surface area contributed by atoms with Gasteiger partial charge in [0.25, 0.3) is 11.8 Å². The van der Waals surface area contributed by atoms with E-state index in [1.807, 2.05) is 30.3 Å². The van der Waals surface area contributed by atoms with Crippen LogP contribution in [0.3, 0.4) is 0 Å². The Morgan fingerprint density at radius 3 is 2.88 bits per heavy atom. The van der Waals surface area contributed by atoms with Crippen molar-refractivity contribution in [3.63, 3.8) is 0 Å². The molecule has 3 aromatic rings. The van der Waals surface area contributed by atoms with E-state index in [0.29, 0.717) is 23.7 Å². The van der Waals surface area contributed by atoms with E-state index in [1.165, 1.54) is 12.0 Å². The molecule has 0 fully saturated rings. The third kappa shape index (κ3) is 1.47. The van der Waals surface area contributed by atoms with E-state index < -0.39 is 6.04 Å². The molecule has 0 bridgehead atoms. The largest absolute Gasteiger partial charge is 0.480 e. The van der Waals surface area contributed by atoms with Gasteiger partial charge in [-0.2, -0.15) is 0 Å². The van der Waals surface area contributed by atoms with Gasteiger partial charge < -0.3 is 4.74 Å². The second-order valence-corrected chi connectivity index (χ2v) is 5.99. The van der Waals surface area contributed by atoms with Crippen LogP contribution in [-0.2, 0) is 6.42 Å². The van der Waals surface area contributed by atoms with Gasteiger partial charge in [-0.15, -0.1) is 0 Å². The zero-order valence-corrected chi connectivity index (χ0v) is 12.9. The molecule has 0 radical (unpaired) electrons. The number of methoxy groups -OCH3 is 1. The van der Waals surface area contributed by atoms with E-state index in [0.717, 1.165) is 16.5 Å². The first-order valence-electron chi connectivity index (χ1n) is 7.71. The van der Waals surface area contributed by atoms with E-state index >= 15 is 0 Å². The number of benzene rings is 1. The number of nitrogens with zero attached hydrogens (tertiary/aromatic N) is 3. The number of carbonyl (C=O) groups excluding carboxylic acids is 2. The molecular weight excluding hydrogens is 306 g/mol. The van der Waals surface area contributed by atoms with E-state index in [9.17, 15) is 9.59 Å². The molecule has 5 rings (SSSR count). The van der Waals surface area contributed by atoms with Crippen LogP contribution in [0.25, 0.3) is 10.9 Å². The van der Waals surface area contributed by atoms with Crippen LogP contribution in [-0.4, -0.2) is 34.5 Å². The smallest absolute Gasteiger partial charge is 0.276 e. The number of pyridine rings is 1. The first-order chi connectivity index (χ1) is 11.7. The lowest BCUT2D eigenvalue weighted by Gasteiger charge is -2.30. The summed E-state index contributed by atoms with van der Waals surface area (Å²) < 4.78 is 6.86. The third-order valence-electron chi connectivity index (χ3n) is 4.79. The van der Waals surface area contributed by atoms with Crippen molar-refractivity contribution >= 4 is 28.4 Å². The minimum absolute atomic E-state index is 0.0935. The molecule has 0 saturated carbocycles. The highest BCUT2D eigenvalue weighted by Crippen LogP contribution is 2.42. The fourth-order valence-corrected chi connectivity index (χ4v) is 3.76. The second kappa shape index (κ2) is 4.44. The molecule has 118 valence electrons. The maximum Gasteiger partial charge on any atom is 0.276 e. The van der Waals surface area contributed by atoms with Crippen molar-refractivity contribution in [2.24, 2.45) is 0 Å². The molecule has 4 heterocycles. The molecule has 6 heteroatoms. The lowest BCUT2D eigenvalue weighted by atomic mass is 10.1. The van der Waals surface area contributed by atoms with Gasteiger partial charge in [-0.3, -0.25) is 19.1 Å². The van der Waals surface area contributed by atoms with Gasteiger partial charge >= 0.3 is 0 Å². The van der Waals surface area contributed by atoms with Crippen molar-refractivity contribution in [2.45, 2.75) is 12.5 Å². The quantitative estimate of drug-likeness (QED) is 0.690. The molecule has 0 saturated heterocycles. The fourth-order valence-electron chi connectivity index (χ4n) is 3.76. The molecule has 0 N–H and O–H groups in total. The van der Waals surface area contributed by atoms with E-state index in [4.69, 9.17) is 4.74 Å². The minimum atomic E-state index is -0.547. The van der Waals surface area contributed by atoms with Crippen molar-refractivity contribution in [3.8, 4) is 5.88 Å². The van der Waals surface area contributed by atoms with Crippen molar-refractivity contribution < 1.29 is 14.3 Å². The first-order valence-corrected chi connectivity index (χ1v) is 7.71. The van der Waals surface area contributed by atoms with Crippen LogP contribution in [0.5, 0.6) is 5.88 Å². The zero-order valence-electron chi connectivity index (χ0n) is 12.9. The summed E-state index contributed by atoms with van der Waals surface area (Å²) in [4.78, 5) is 31.9. The van der Waals surface area contributed by atoms with Crippen molar-refractivity contribution in [1.82, 2.24) is 9.55 Å². The molecule has 0 spiro atoms. The van der Waals surface area contributed by atoms with Gasteiger partial charge in [0.15, 0.2) is 0 Å². The average Bonchev–Trinajstić information content (AvgIpc) is 3.18. The molecule has 2 aliphatic rings. The number of fused-ring (bicyclic) bond motifs is 6. The summed E-state index contributed by atoms with van der Waals surface area (Å²) in [6.45, 7) is 0. The standard InChI is InChI=1S/C18H13N3O3/c1-24-16-15-11(6-7-19-16)9-14-17(22)20-12-5-3-2-4-10(12)8-13(20)18(23)21(14)15/h2-8,14H,9H2,1H3. The monoisotopic (exact) mass is 319 g/mol. The van der Waals surface area contributed by atoms with Crippen LogP contribution in [0.15, 0.2) is 42.6 Å². The van der Waals surface area contributed by atoms with Crippen LogP contribution in [0.4, 0.5) is 5.69 Å². The Balaban J connectivity index is 1.77. The number of ether oxygens (including phenoxy) is 1. The van der Waals surface area contributed by atoms with Crippen molar-refractivity contribution in [2.75, 3.05) is 12.0 Å². The Kier molecular flexibility index (Phi) is 2.46. The van der Waals surface area contributed by atoms with Gasteiger partial charge in [0.1, 0.15) is 17.4 Å². The number of aromatic nitrogens is 2. The molecule has 1 unspecified atom stereocenters. The molecule has 24 heavy (non-hydrogen) atoms. The number of carbonyl (C=O) groups is 2. The summed E-state index contributed by atoms with van der Waals surface area (Å²) in [6.07, 6.45) is 2.12.